The van der Waals surface area contributed by atoms with Gasteiger partial charge >= 0.3 is 0 Å². The highest BCUT2D eigenvalue weighted by atomic mass is 32.1. The molecule has 0 aliphatic rings. The van der Waals surface area contributed by atoms with Crippen molar-refractivity contribution in [2.45, 2.75) is 6.54 Å². The van der Waals surface area contributed by atoms with Gasteiger partial charge in [-0.05, 0) is 17.7 Å². The number of nitrogens with zero attached hydrogens (tertiary/aromatic N) is 2. The van der Waals surface area contributed by atoms with Gasteiger partial charge in [-0.25, -0.2) is 4.39 Å². The summed E-state index contributed by atoms with van der Waals surface area (Å²) in [5.74, 6) is -0.218. The van der Waals surface area contributed by atoms with Gasteiger partial charge in [0.15, 0.2) is 0 Å². The molecule has 1 aromatic heterocycles. The third-order valence-corrected chi connectivity index (χ3v) is 2.37. The minimum absolute atomic E-state index is 0.218. The zero-order valence-corrected chi connectivity index (χ0v) is 8.09. The number of hydrogen-bond acceptors (Lipinski definition) is 4. The van der Waals surface area contributed by atoms with Crippen molar-refractivity contribution in [3.8, 4) is 0 Å². The number of halogens is 1. The molecule has 1 aromatic carbocycles. The first-order valence-corrected chi connectivity index (χ1v) is 4.97. The normalized spacial score (nSPS) is 10.1. The number of rotatable bonds is 3. The maximum Gasteiger partial charge on any atom is 0.205 e. The Labute approximate surface area is 84.6 Å². The lowest BCUT2D eigenvalue weighted by atomic mass is 10.2. The summed E-state index contributed by atoms with van der Waals surface area (Å²) in [6.45, 7) is 0.634. The SMILES string of the molecule is Fc1ccc(CNc2nncs2)cc1. The molecule has 0 atom stereocenters. The monoisotopic (exact) mass is 209 g/mol. The summed E-state index contributed by atoms with van der Waals surface area (Å²) in [6.07, 6.45) is 0. The highest BCUT2D eigenvalue weighted by Crippen LogP contribution is 2.10. The number of aromatic nitrogens is 2. The van der Waals surface area contributed by atoms with Crippen molar-refractivity contribution >= 4 is 16.5 Å². The van der Waals surface area contributed by atoms with Gasteiger partial charge in [0.2, 0.25) is 5.13 Å². The molecule has 2 rings (SSSR count). The Hall–Kier alpha value is -1.49. The first-order chi connectivity index (χ1) is 6.84. The Morgan fingerprint density at radius 1 is 1.29 bits per heavy atom. The van der Waals surface area contributed by atoms with Gasteiger partial charge in [0.25, 0.3) is 0 Å². The number of anilines is 1. The molecule has 2 aromatic rings. The highest BCUT2D eigenvalue weighted by Gasteiger charge is 1.96. The van der Waals surface area contributed by atoms with Gasteiger partial charge in [-0.3, -0.25) is 0 Å². The van der Waals surface area contributed by atoms with Crippen LogP contribution in [0.3, 0.4) is 0 Å². The molecule has 0 aliphatic heterocycles. The summed E-state index contributed by atoms with van der Waals surface area (Å²) in [4.78, 5) is 0. The molecule has 0 amide bonds. The molecule has 3 nitrogen and oxygen atoms in total. The van der Waals surface area contributed by atoms with Crippen molar-refractivity contribution in [3.63, 3.8) is 0 Å². The van der Waals surface area contributed by atoms with Crippen LogP contribution in [-0.4, -0.2) is 10.2 Å². The molecule has 1 N–H and O–H groups in total. The average molecular weight is 209 g/mol. The molecule has 0 unspecified atom stereocenters. The fraction of sp³-hybridized carbons (Fsp3) is 0.111. The van der Waals surface area contributed by atoms with Crippen molar-refractivity contribution in [1.82, 2.24) is 10.2 Å². The molecule has 0 saturated carbocycles. The molecular formula is C9H8FN3S. The van der Waals surface area contributed by atoms with E-state index in [9.17, 15) is 4.39 Å². The third kappa shape index (κ3) is 2.26. The number of benzene rings is 1. The van der Waals surface area contributed by atoms with Crippen LogP contribution >= 0.6 is 11.3 Å². The summed E-state index contributed by atoms with van der Waals surface area (Å²) >= 11 is 1.44. The van der Waals surface area contributed by atoms with Crippen molar-refractivity contribution in [2.75, 3.05) is 5.32 Å². The second kappa shape index (κ2) is 4.15. The fourth-order valence-electron chi connectivity index (χ4n) is 1.03. The predicted octanol–water partition coefficient (Wildman–Crippen LogP) is 2.29. The molecule has 5 heteroatoms. The van der Waals surface area contributed by atoms with E-state index in [-0.39, 0.29) is 5.82 Å². The molecule has 1 heterocycles. The minimum Gasteiger partial charge on any atom is -0.356 e. The molecule has 0 fully saturated rings. The van der Waals surface area contributed by atoms with Crippen LogP contribution in [0.15, 0.2) is 29.8 Å². The van der Waals surface area contributed by atoms with Crippen LogP contribution in [0.2, 0.25) is 0 Å². The van der Waals surface area contributed by atoms with Gasteiger partial charge in [0, 0.05) is 6.54 Å². The second-order valence-corrected chi connectivity index (χ2v) is 3.56. The smallest absolute Gasteiger partial charge is 0.205 e. The van der Waals surface area contributed by atoms with E-state index in [4.69, 9.17) is 0 Å². The molecule has 72 valence electrons. The van der Waals surface area contributed by atoms with Crippen molar-refractivity contribution < 1.29 is 4.39 Å². The van der Waals surface area contributed by atoms with Crippen LogP contribution in [-0.2, 0) is 6.54 Å². The summed E-state index contributed by atoms with van der Waals surface area (Å²) in [5, 5.41) is 11.4. The van der Waals surface area contributed by atoms with E-state index in [1.807, 2.05) is 0 Å². The quantitative estimate of drug-likeness (QED) is 0.842. The first kappa shape index (κ1) is 9.08. The van der Waals surface area contributed by atoms with Crippen LogP contribution in [0.5, 0.6) is 0 Å². The summed E-state index contributed by atoms with van der Waals surface area (Å²) in [5.41, 5.74) is 2.68. The van der Waals surface area contributed by atoms with E-state index in [2.05, 4.69) is 15.5 Å². The van der Waals surface area contributed by atoms with E-state index in [1.165, 1.54) is 23.5 Å². The van der Waals surface area contributed by atoms with Gasteiger partial charge in [-0.1, -0.05) is 23.5 Å². The molecule has 0 bridgehead atoms. The van der Waals surface area contributed by atoms with Crippen LogP contribution in [0.1, 0.15) is 5.56 Å². The van der Waals surface area contributed by atoms with E-state index in [1.54, 1.807) is 17.6 Å². The van der Waals surface area contributed by atoms with Crippen molar-refractivity contribution in [2.24, 2.45) is 0 Å². The van der Waals surface area contributed by atoms with Gasteiger partial charge < -0.3 is 5.32 Å². The molecule has 0 saturated heterocycles. The molecule has 0 radical (unpaired) electrons. The fourth-order valence-corrected chi connectivity index (χ4v) is 1.47. The zero-order chi connectivity index (χ0) is 9.80. The van der Waals surface area contributed by atoms with Crippen LogP contribution in [0, 0.1) is 5.82 Å². The molecule has 0 aliphatic carbocycles. The summed E-state index contributed by atoms with van der Waals surface area (Å²) < 4.78 is 12.6. The van der Waals surface area contributed by atoms with Gasteiger partial charge in [-0.2, -0.15) is 0 Å². The first-order valence-electron chi connectivity index (χ1n) is 4.09. The average Bonchev–Trinajstić information content (AvgIpc) is 2.70. The maximum atomic E-state index is 12.6. The largest absolute Gasteiger partial charge is 0.356 e. The Bertz CT molecular complexity index is 385. The van der Waals surface area contributed by atoms with Crippen LogP contribution in [0.4, 0.5) is 9.52 Å². The zero-order valence-electron chi connectivity index (χ0n) is 7.27. The van der Waals surface area contributed by atoms with Crippen LogP contribution < -0.4 is 5.32 Å². The van der Waals surface area contributed by atoms with Gasteiger partial charge in [0.05, 0.1) is 0 Å². The highest BCUT2D eigenvalue weighted by molar-refractivity contribution is 7.13. The molecule has 0 spiro atoms. The lowest BCUT2D eigenvalue weighted by Gasteiger charge is -2.01. The van der Waals surface area contributed by atoms with E-state index in [0.29, 0.717) is 6.54 Å². The second-order valence-electron chi connectivity index (χ2n) is 2.72. The summed E-state index contributed by atoms with van der Waals surface area (Å²) in [7, 11) is 0. The summed E-state index contributed by atoms with van der Waals surface area (Å²) in [6, 6.07) is 6.36. The number of hydrogen-bond donors (Lipinski definition) is 1. The minimum atomic E-state index is -0.218. The Kier molecular flexibility index (Phi) is 2.69. The lowest BCUT2D eigenvalue weighted by molar-refractivity contribution is 0.627. The maximum absolute atomic E-state index is 12.6. The van der Waals surface area contributed by atoms with E-state index < -0.39 is 0 Å². The standard InChI is InChI=1S/C9H8FN3S/c10-8-3-1-7(2-4-8)5-11-9-13-12-6-14-9/h1-4,6H,5H2,(H,11,13). The van der Waals surface area contributed by atoms with Crippen LogP contribution in [0.25, 0.3) is 0 Å². The Morgan fingerprint density at radius 3 is 2.71 bits per heavy atom. The predicted molar refractivity (Wildman–Crippen MR) is 53.6 cm³/mol. The van der Waals surface area contributed by atoms with Crippen molar-refractivity contribution in [3.05, 3.63) is 41.2 Å². The molecule has 14 heavy (non-hydrogen) atoms. The van der Waals surface area contributed by atoms with Gasteiger partial charge in [0.1, 0.15) is 11.3 Å². The topological polar surface area (TPSA) is 37.8 Å². The Balaban J connectivity index is 1.95. The van der Waals surface area contributed by atoms with E-state index >= 15 is 0 Å². The van der Waals surface area contributed by atoms with E-state index in [0.717, 1.165) is 10.7 Å². The van der Waals surface area contributed by atoms with Crippen molar-refractivity contribution in [1.29, 1.82) is 0 Å². The van der Waals surface area contributed by atoms with Gasteiger partial charge in [-0.15, -0.1) is 10.2 Å². The number of nitrogens with one attached hydrogen (secondary N) is 1. The lowest BCUT2D eigenvalue weighted by Crippen LogP contribution is -1.98. The third-order valence-electron chi connectivity index (χ3n) is 1.72. The molecular weight excluding hydrogens is 201 g/mol. The Morgan fingerprint density at radius 2 is 2.07 bits per heavy atom.